The van der Waals surface area contributed by atoms with Crippen LogP contribution < -0.4 is 5.32 Å². The Balaban J connectivity index is 1.97. The Morgan fingerprint density at radius 2 is 1.96 bits per heavy atom. The van der Waals surface area contributed by atoms with Gasteiger partial charge < -0.3 is 5.32 Å². The molecule has 0 aromatic heterocycles. The Bertz CT molecular complexity index is 686. The molecular formula is C18H29N3O3S. The van der Waals surface area contributed by atoms with E-state index in [0.29, 0.717) is 18.2 Å². The molecule has 1 atom stereocenters. The molecule has 1 amide bonds. The molecule has 0 unspecified atom stereocenters. The van der Waals surface area contributed by atoms with Gasteiger partial charge in [-0.1, -0.05) is 6.92 Å². The highest BCUT2D eigenvalue weighted by Gasteiger charge is 2.23. The van der Waals surface area contributed by atoms with Gasteiger partial charge in [-0.25, -0.2) is 8.42 Å². The molecule has 7 heteroatoms. The highest BCUT2D eigenvalue weighted by Crippen LogP contribution is 2.19. The second kappa shape index (κ2) is 8.29. The highest BCUT2D eigenvalue weighted by molar-refractivity contribution is 7.89. The van der Waals surface area contributed by atoms with Gasteiger partial charge in [-0.15, -0.1) is 0 Å². The molecule has 6 nitrogen and oxygen atoms in total. The molecule has 140 valence electrons. The summed E-state index contributed by atoms with van der Waals surface area (Å²) in [5.41, 5.74) is 0.612. The van der Waals surface area contributed by atoms with Gasteiger partial charge in [0, 0.05) is 25.3 Å². The average molecular weight is 368 g/mol. The minimum Gasteiger partial charge on any atom is -0.325 e. The van der Waals surface area contributed by atoms with Gasteiger partial charge >= 0.3 is 0 Å². The first kappa shape index (κ1) is 19.9. The van der Waals surface area contributed by atoms with Crippen molar-refractivity contribution in [1.29, 1.82) is 0 Å². The summed E-state index contributed by atoms with van der Waals surface area (Å²) in [6.45, 7) is 8.14. The van der Waals surface area contributed by atoms with Gasteiger partial charge in [0.25, 0.3) is 0 Å². The number of carbonyl (C=O) groups is 1. The number of hydrogen-bond donors (Lipinski definition) is 1. The average Bonchev–Trinajstić information content (AvgIpc) is 2.54. The molecule has 1 N–H and O–H groups in total. The Labute approximate surface area is 151 Å². The zero-order chi connectivity index (χ0) is 18.6. The third kappa shape index (κ3) is 5.26. The van der Waals surface area contributed by atoms with Crippen molar-refractivity contribution in [1.82, 2.24) is 9.21 Å². The first-order valence-electron chi connectivity index (χ1n) is 8.80. The maximum absolute atomic E-state index is 12.4. The first-order chi connectivity index (χ1) is 11.7. The summed E-state index contributed by atoms with van der Waals surface area (Å²) in [5, 5.41) is 2.85. The van der Waals surface area contributed by atoms with Crippen molar-refractivity contribution in [2.24, 2.45) is 5.92 Å². The maximum atomic E-state index is 12.4. The van der Waals surface area contributed by atoms with Crippen molar-refractivity contribution >= 4 is 21.6 Å². The van der Waals surface area contributed by atoms with Gasteiger partial charge in [-0.05, 0) is 63.4 Å². The van der Waals surface area contributed by atoms with Crippen LogP contribution in [0.3, 0.4) is 0 Å². The lowest BCUT2D eigenvalue weighted by molar-refractivity contribution is -0.117. The van der Waals surface area contributed by atoms with Crippen LogP contribution in [0.15, 0.2) is 29.2 Å². The molecule has 1 aromatic rings. The molecule has 2 rings (SSSR count). The third-order valence-corrected chi connectivity index (χ3v) is 6.70. The number of hydrogen-bond acceptors (Lipinski definition) is 4. The number of sulfonamides is 1. The van der Waals surface area contributed by atoms with E-state index in [1.54, 1.807) is 19.2 Å². The summed E-state index contributed by atoms with van der Waals surface area (Å²) in [6, 6.07) is 6.23. The lowest BCUT2D eigenvalue weighted by Crippen LogP contribution is -2.39. The molecule has 0 radical (unpaired) electrons. The highest BCUT2D eigenvalue weighted by atomic mass is 32.2. The standard InChI is InChI=1S/C18H29N3O3S/c1-14(2)20(4)25(23,24)17-9-7-16(8-10-17)19-18(22)13-21-11-5-6-15(3)12-21/h7-10,14-15H,5-6,11-13H2,1-4H3,(H,19,22)/t15-/m1/s1. The van der Waals surface area contributed by atoms with Crippen molar-refractivity contribution < 1.29 is 13.2 Å². The van der Waals surface area contributed by atoms with Crippen LogP contribution in [0.25, 0.3) is 0 Å². The van der Waals surface area contributed by atoms with E-state index in [1.165, 1.54) is 22.9 Å². The largest absolute Gasteiger partial charge is 0.325 e. The maximum Gasteiger partial charge on any atom is 0.243 e. The molecule has 1 aliphatic rings. The number of nitrogens with zero attached hydrogens (tertiary/aromatic N) is 2. The molecule has 0 saturated carbocycles. The van der Waals surface area contributed by atoms with E-state index < -0.39 is 10.0 Å². The number of benzene rings is 1. The third-order valence-electron chi connectivity index (χ3n) is 4.65. The monoisotopic (exact) mass is 367 g/mol. The minimum absolute atomic E-state index is 0.0657. The van der Waals surface area contributed by atoms with Gasteiger partial charge in [0.05, 0.1) is 11.4 Å². The molecule has 1 aromatic carbocycles. The van der Waals surface area contributed by atoms with Crippen molar-refractivity contribution in [3.05, 3.63) is 24.3 Å². The molecule has 1 saturated heterocycles. The van der Waals surface area contributed by atoms with E-state index in [9.17, 15) is 13.2 Å². The summed E-state index contributed by atoms with van der Waals surface area (Å²) in [6.07, 6.45) is 2.35. The first-order valence-corrected chi connectivity index (χ1v) is 10.2. The number of piperidine rings is 1. The van der Waals surface area contributed by atoms with Gasteiger partial charge in [0.2, 0.25) is 15.9 Å². The quantitative estimate of drug-likeness (QED) is 0.838. The molecule has 0 spiro atoms. The van der Waals surface area contributed by atoms with Gasteiger partial charge in [0.15, 0.2) is 0 Å². The summed E-state index contributed by atoms with van der Waals surface area (Å²) >= 11 is 0. The van der Waals surface area contributed by atoms with Crippen molar-refractivity contribution in [3.63, 3.8) is 0 Å². The van der Waals surface area contributed by atoms with Crippen LogP contribution in [-0.2, 0) is 14.8 Å². The predicted molar refractivity (Wildman–Crippen MR) is 100.0 cm³/mol. The van der Waals surface area contributed by atoms with Crippen molar-refractivity contribution in [2.75, 3.05) is 32.0 Å². The van der Waals surface area contributed by atoms with Crippen LogP contribution in [0.5, 0.6) is 0 Å². The molecule has 1 aliphatic heterocycles. The van der Waals surface area contributed by atoms with Crippen LogP contribution in [-0.4, -0.2) is 56.3 Å². The summed E-state index contributed by atoms with van der Waals surface area (Å²) in [5.74, 6) is 0.563. The van der Waals surface area contributed by atoms with E-state index in [0.717, 1.165) is 19.5 Å². The number of rotatable bonds is 6. The van der Waals surface area contributed by atoms with Crippen LogP contribution in [0.2, 0.25) is 0 Å². The van der Waals surface area contributed by atoms with E-state index in [2.05, 4.69) is 17.1 Å². The molecule has 25 heavy (non-hydrogen) atoms. The van der Waals surface area contributed by atoms with Gasteiger partial charge in [-0.3, -0.25) is 9.69 Å². The Kier molecular flexibility index (Phi) is 6.59. The molecule has 1 fully saturated rings. The minimum atomic E-state index is -3.50. The smallest absolute Gasteiger partial charge is 0.243 e. The van der Waals surface area contributed by atoms with E-state index in [4.69, 9.17) is 0 Å². The zero-order valence-electron chi connectivity index (χ0n) is 15.5. The SMILES string of the molecule is CC(C)N(C)S(=O)(=O)c1ccc(NC(=O)CN2CCC[C@@H](C)C2)cc1. The molecule has 1 heterocycles. The van der Waals surface area contributed by atoms with Crippen LogP contribution in [0, 0.1) is 5.92 Å². The fraction of sp³-hybridized carbons (Fsp3) is 0.611. The Morgan fingerprint density at radius 1 is 1.32 bits per heavy atom. The van der Waals surface area contributed by atoms with E-state index >= 15 is 0 Å². The van der Waals surface area contributed by atoms with Crippen molar-refractivity contribution in [2.45, 2.75) is 44.6 Å². The second-order valence-electron chi connectivity index (χ2n) is 7.17. The summed E-state index contributed by atoms with van der Waals surface area (Å²) in [4.78, 5) is 14.6. The molecule has 0 bridgehead atoms. The van der Waals surface area contributed by atoms with E-state index in [1.807, 2.05) is 13.8 Å². The predicted octanol–water partition coefficient (Wildman–Crippen LogP) is 2.39. The number of amides is 1. The fourth-order valence-corrected chi connectivity index (χ4v) is 4.36. The normalized spacial score (nSPS) is 19.4. The number of anilines is 1. The topological polar surface area (TPSA) is 69.7 Å². The summed E-state index contributed by atoms with van der Waals surface area (Å²) in [7, 11) is -1.94. The second-order valence-corrected chi connectivity index (χ2v) is 9.17. The van der Waals surface area contributed by atoms with Gasteiger partial charge in [0.1, 0.15) is 0 Å². The lowest BCUT2D eigenvalue weighted by Gasteiger charge is -2.30. The lowest BCUT2D eigenvalue weighted by atomic mass is 10.0. The van der Waals surface area contributed by atoms with Crippen LogP contribution >= 0.6 is 0 Å². The zero-order valence-corrected chi connectivity index (χ0v) is 16.3. The summed E-state index contributed by atoms with van der Waals surface area (Å²) < 4.78 is 26.2. The van der Waals surface area contributed by atoms with Crippen LogP contribution in [0.4, 0.5) is 5.69 Å². The fourth-order valence-electron chi connectivity index (χ4n) is 2.99. The van der Waals surface area contributed by atoms with Gasteiger partial charge in [-0.2, -0.15) is 4.31 Å². The molecule has 0 aliphatic carbocycles. The Morgan fingerprint density at radius 3 is 2.52 bits per heavy atom. The van der Waals surface area contributed by atoms with Crippen LogP contribution in [0.1, 0.15) is 33.6 Å². The molecular weight excluding hydrogens is 338 g/mol. The number of nitrogens with one attached hydrogen (secondary N) is 1. The number of carbonyl (C=O) groups excluding carboxylic acids is 1. The van der Waals surface area contributed by atoms with Crippen molar-refractivity contribution in [3.8, 4) is 0 Å². The Hall–Kier alpha value is -1.44. The van der Waals surface area contributed by atoms with E-state index in [-0.39, 0.29) is 16.8 Å². The number of likely N-dealkylation sites (tertiary alicyclic amines) is 1.